The summed E-state index contributed by atoms with van der Waals surface area (Å²) in [7, 11) is 0. The second-order valence-corrected chi connectivity index (χ2v) is 5.54. The molecule has 0 radical (unpaired) electrons. The number of rotatable bonds is 5. The van der Waals surface area contributed by atoms with Crippen molar-refractivity contribution in [2.24, 2.45) is 5.10 Å². The van der Waals surface area contributed by atoms with E-state index in [1.165, 1.54) is 30.3 Å². The first-order valence-electron chi connectivity index (χ1n) is 6.54. The molecule has 0 atom stereocenters. The van der Waals surface area contributed by atoms with Crippen LogP contribution in [0.1, 0.15) is 15.9 Å². The first-order valence-corrected chi connectivity index (χ1v) is 7.33. The van der Waals surface area contributed by atoms with Crippen LogP contribution in [0.25, 0.3) is 0 Å². The molecule has 0 unspecified atom stereocenters. The summed E-state index contributed by atoms with van der Waals surface area (Å²) in [4.78, 5) is 31.9. The number of hydrazone groups is 1. The number of halogens is 1. The molecule has 0 aliphatic carbocycles. The summed E-state index contributed by atoms with van der Waals surface area (Å²) in [5, 5.41) is 34.8. The highest BCUT2D eigenvalue weighted by atomic mass is 79.9. The summed E-state index contributed by atoms with van der Waals surface area (Å²) in [6, 6.07) is 7.35. The van der Waals surface area contributed by atoms with Gasteiger partial charge in [0.05, 0.1) is 16.1 Å². The topological polar surface area (TPSA) is 148 Å². The molecule has 2 aromatic carbocycles. The maximum atomic E-state index is 11.9. The lowest BCUT2D eigenvalue weighted by molar-refractivity contribution is -0.386. The van der Waals surface area contributed by atoms with E-state index in [9.17, 15) is 30.1 Å². The minimum absolute atomic E-state index is 0.0186. The van der Waals surface area contributed by atoms with Gasteiger partial charge in [0.15, 0.2) is 0 Å². The highest BCUT2D eigenvalue weighted by Crippen LogP contribution is 2.32. The first kappa shape index (κ1) is 18.0. The van der Waals surface area contributed by atoms with Gasteiger partial charge in [0.2, 0.25) is 5.75 Å². The second-order valence-electron chi connectivity index (χ2n) is 4.62. The fraction of sp³-hybridized carbons (Fsp3) is 0. The van der Waals surface area contributed by atoms with Crippen LogP contribution in [0.5, 0.6) is 5.75 Å². The quantitative estimate of drug-likeness (QED) is 0.441. The van der Waals surface area contributed by atoms with Gasteiger partial charge in [-0.05, 0) is 18.2 Å². The van der Waals surface area contributed by atoms with Crippen molar-refractivity contribution in [1.29, 1.82) is 0 Å². The number of non-ortho nitro benzene ring substituents is 1. The van der Waals surface area contributed by atoms with Crippen LogP contribution in [-0.2, 0) is 0 Å². The van der Waals surface area contributed by atoms with Gasteiger partial charge < -0.3 is 5.11 Å². The SMILES string of the molecule is O=C(N/N=C\c1cc(Br)cc([N+](=O)[O-])c1O)c1ccc([N+](=O)[O-])cc1. The zero-order chi connectivity index (χ0) is 18.6. The van der Waals surface area contributed by atoms with E-state index < -0.39 is 27.2 Å². The van der Waals surface area contributed by atoms with E-state index in [1.54, 1.807) is 0 Å². The van der Waals surface area contributed by atoms with E-state index in [4.69, 9.17) is 0 Å². The van der Waals surface area contributed by atoms with Crippen molar-refractivity contribution in [2.45, 2.75) is 0 Å². The monoisotopic (exact) mass is 408 g/mol. The molecular formula is C14H9BrN4O6. The molecule has 0 aromatic heterocycles. The Labute approximate surface area is 148 Å². The lowest BCUT2D eigenvalue weighted by atomic mass is 10.2. The number of phenolic OH excluding ortho intramolecular Hbond substituents is 1. The third-order valence-corrected chi connectivity index (χ3v) is 3.45. The van der Waals surface area contributed by atoms with Crippen molar-refractivity contribution in [3.8, 4) is 5.75 Å². The maximum absolute atomic E-state index is 11.9. The van der Waals surface area contributed by atoms with E-state index in [1.807, 2.05) is 0 Å². The zero-order valence-corrected chi connectivity index (χ0v) is 13.8. The summed E-state index contributed by atoms with van der Waals surface area (Å²) >= 11 is 3.07. The predicted molar refractivity (Wildman–Crippen MR) is 90.6 cm³/mol. The Morgan fingerprint density at radius 2 is 1.80 bits per heavy atom. The van der Waals surface area contributed by atoms with E-state index in [0.717, 1.165) is 12.3 Å². The van der Waals surface area contributed by atoms with Gasteiger partial charge in [-0.3, -0.25) is 25.0 Å². The van der Waals surface area contributed by atoms with E-state index >= 15 is 0 Å². The van der Waals surface area contributed by atoms with E-state index in [2.05, 4.69) is 26.5 Å². The average molecular weight is 409 g/mol. The number of amides is 1. The van der Waals surface area contributed by atoms with Crippen molar-refractivity contribution in [3.05, 3.63) is 72.2 Å². The molecule has 0 aliphatic rings. The molecule has 25 heavy (non-hydrogen) atoms. The Bertz CT molecular complexity index is 882. The van der Waals surface area contributed by atoms with Crippen LogP contribution >= 0.6 is 15.9 Å². The molecule has 0 fully saturated rings. The molecule has 10 nitrogen and oxygen atoms in total. The molecule has 0 saturated heterocycles. The fourth-order valence-corrected chi connectivity index (χ4v) is 2.27. The largest absolute Gasteiger partial charge is 0.502 e. The van der Waals surface area contributed by atoms with Crippen LogP contribution in [-0.4, -0.2) is 27.1 Å². The molecule has 0 saturated carbocycles. The highest BCUT2D eigenvalue weighted by molar-refractivity contribution is 9.10. The second kappa shape index (κ2) is 7.49. The Morgan fingerprint density at radius 3 is 2.36 bits per heavy atom. The Morgan fingerprint density at radius 1 is 1.16 bits per heavy atom. The summed E-state index contributed by atoms with van der Waals surface area (Å²) in [6.45, 7) is 0. The summed E-state index contributed by atoms with van der Waals surface area (Å²) < 4.78 is 0.347. The van der Waals surface area contributed by atoms with Gasteiger partial charge >= 0.3 is 5.69 Å². The number of carbonyl (C=O) groups excluding carboxylic acids is 1. The van der Waals surface area contributed by atoms with Crippen molar-refractivity contribution < 1.29 is 19.7 Å². The highest BCUT2D eigenvalue weighted by Gasteiger charge is 2.17. The summed E-state index contributed by atoms with van der Waals surface area (Å²) in [5.74, 6) is -1.24. The molecule has 0 bridgehead atoms. The van der Waals surface area contributed by atoms with Crippen LogP contribution in [0.3, 0.4) is 0 Å². The summed E-state index contributed by atoms with van der Waals surface area (Å²) in [5.41, 5.74) is 1.63. The Balaban J connectivity index is 2.14. The number of hydrogen-bond acceptors (Lipinski definition) is 7. The molecular weight excluding hydrogens is 400 g/mol. The van der Waals surface area contributed by atoms with Gasteiger partial charge in [-0.25, -0.2) is 5.43 Å². The summed E-state index contributed by atoms with van der Waals surface area (Å²) in [6.07, 6.45) is 1.04. The third kappa shape index (κ3) is 4.35. The smallest absolute Gasteiger partial charge is 0.312 e. The zero-order valence-electron chi connectivity index (χ0n) is 12.2. The molecule has 0 heterocycles. The van der Waals surface area contributed by atoms with Gasteiger partial charge in [-0.1, -0.05) is 15.9 Å². The molecule has 2 rings (SSSR count). The van der Waals surface area contributed by atoms with E-state index in [-0.39, 0.29) is 16.8 Å². The van der Waals surface area contributed by atoms with Gasteiger partial charge in [0.25, 0.3) is 11.6 Å². The van der Waals surface area contributed by atoms with E-state index in [0.29, 0.717) is 4.47 Å². The lowest BCUT2D eigenvalue weighted by Gasteiger charge is -2.02. The normalized spacial score (nSPS) is 10.6. The maximum Gasteiger partial charge on any atom is 0.312 e. The number of nitrogens with one attached hydrogen (secondary N) is 1. The number of carbonyl (C=O) groups is 1. The van der Waals surface area contributed by atoms with Crippen LogP contribution in [0, 0.1) is 20.2 Å². The van der Waals surface area contributed by atoms with Gasteiger partial charge in [0, 0.05) is 33.8 Å². The lowest BCUT2D eigenvalue weighted by Crippen LogP contribution is -2.17. The van der Waals surface area contributed by atoms with Gasteiger partial charge in [-0.2, -0.15) is 5.10 Å². The number of benzene rings is 2. The number of phenols is 1. The van der Waals surface area contributed by atoms with Gasteiger partial charge in [-0.15, -0.1) is 0 Å². The first-order chi connectivity index (χ1) is 11.8. The van der Waals surface area contributed by atoms with Crippen LogP contribution in [0.2, 0.25) is 0 Å². The third-order valence-electron chi connectivity index (χ3n) is 2.99. The molecule has 0 aliphatic heterocycles. The Kier molecular flexibility index (Phi) is 5.39. The number of aromatic hydroxyl groups is 1. The van der Waals surface area contributed by atoms with Crippen molar-refractivity contribution in [2.75, 3.05) is 0 Å². The van der Waals surface area contributed by atoms with Crippen molar-refractivity contribution in [3.63, 3.8) is 0 Å². The number of nitrogens with zero attached hydrogens (tertiary/aromatic N) is 3. The standard InChI is InChI=1S/C14H9BrN4O6/c15-10-5-9(13(20)12(6-10)19(24)25)7-16-17-14(21)8-1-3-11(4-2-8)18(22)23/h1-7,20H,(H,17,21)/b16-7-. The Hall–Kier alpha value is -3.34. The fourth-order valence-electron chi connectivity index (χ4n) is 1.80. The van der Waals surface area contributed by atoms with Crippen LogP contribution < -0.4 is 5.43 Å². The molecule has 0 spiro atoms. The number of nitro benzene ring substituents is 2. The molecule has 2 N–H and O–H groups in total. The van der Waals surface area contributed by atoms with Crippen molar-refractivity contribution in [1.82, 2.24) is 5.43 Å². The number of nitro groups is 2. The minimum atomic E-state index is -0.757. The molecule has 1 amide bonds. The minimum Gasteiger partial charge on any atom is -0.502 e. The average Bonchev–Trinajstić information content (AvgIpc) is 2.57. The predicted octanol–water partition coefficient (Wildman–Crippen LogP) is 2.74. The molecule has 128 valence electrons. The number of hydrogen-bond donors (Lipinski definition) is 2. The van der Waals surface area contributed by atoms with Gasteiger partial charge in [0.1, 0.15) is 0 Å². The van der Waals surface area contributed by atoms with Crippen LogP contribution in [0.15, 0.2) is 46.0 Å². The molecule has 2 aromatic rings. The van der Waals surface area contributed by atoms with Crippen LogP contribution in [0.4, 0.5) is 11.4 Å². The van der Waals surface area contributed by atoms with Crippen molar-refractivity contribution >= 4 is 39.4 Å². The molecule has 11 heteroatoms.